The average Bonchev–Trinajstić information content (AvgIpc) is 2.60. The molecule has 15 heavy (non-hydrogen) atoms. The van der Waals surface area contributed by atoms with Gasteiger partial charge < -0.3 is 0 Å². The normalized spacial score (nSPS) is 11.3. The number of hydrogen-bond donors (Lipinski definition) is 0. The molecule has 0 fully saturated rings. The Labute approximate surface area is 87.4 Å². The minimum Gasteiger partial charge on any atom is -0.286 e. The van der Waals surface area contributed by atoms with Crippen molar-refractivity contribution in [1.82, 2.24) is 14.6 Å². The molecule has 0 bridgehead atoms. The highest BCUT2D eigenvalue weighted by Gasteiger charge is 2.04. The first kappa shape index (κ1) is 8.41. The van der Waals surface area contributed by atoms with E-state index in [1.165, 1.54) is 10.9 Å². The maximum absolute atomic E-state index is 4.19. The van der Waals surface area contributed by atoms with Crippen LogP contribution in [0.5, 0.6) is 0 Å². The van der Waals surface area contributed by atoms with E-state index in [0.29, 0.717) is 0 Å². The van der Waals surface area contributed by atoms with Gasteiger partial charge in [0.1, 0.15) is 5.82 Å². The van der Waals surface area contributed by atoms with Crippen molar-refractivity contribution in [3.63, 3.8) is 0 Å². The van der Waals surface area contributed by atoms with Gasteiger partial charge in [-0.15, -0.1) is 10.2 Å². The van der Waals surface area contributed by atoms with Gasteiger partial charge in [-0.1, -0.05) is 23.8 Å². The first-order valence-corrected chi connectivity index (χ1v) is 4.96. The molecule has 0 N–H and O–H groups in total. The van der Waals surface area contributed by atoms with Gasteiger partial charge in [0.2, 0.25) is 0 Å². The number of aromatic nitrogens is 3. The first-order chi connectivity index (χ1) is 7.25. The Balaban J connectivity index is 2.55. The van der Waals surface area contributed by atoms with Gasteiger partial charge in [-0.2, -0.15) is 0 Å². The molecule has 0 aliphatic heterocycles. The summed E-state index contributed by atoms with van der Waals surface area (Å²) >= 11 is 0. The molecular weight excluding hydrogens is 186 g/mol. The van der Waals surface area contributed by atoms with Gasteiger partial charge in [-0.25, -0.2) is 0 Å². The number of aryl methyl sites for hydroxylation is 2. The summed E-state index contributed by atoms with van der Waals surface area (Å²) in [5.74, 6) is 0.924. The first-order valence-electron chi connectivity index (χ1n) is 4.96. The van der Waals surface area contributed by atoms with Gasteiger partial charge in [0.15, 0.2) is 5.65 Å². The van der Waals surface area contributed by atoms with Crippen LogP contribution in [0.15, 0.2) is 30.5 Å². The topological polar surface area (TPSA) is 30.2 Å². The third-order valence-electron chi connectivity index (χ3n) is 2.72. The van der Waals surface area contributed by atoms with Crippen LogP contribution in [0.25, 0.3) is 16.4 Å². The Kier molecular flexibility index (Phi) is 1.57. The third kappa shape index (κ3) is 1.13. The molecule has 0 saturated carbocycles. The van der Waals surface area contributed by atoms with Crippen molar-refractivity contribution in [2.75, 3.05) is 0 Å². The van der Waals surface area contributed by atoms with Crippen LogP contribution >= 0.6 is 0 Å². The molecule has 3 aromatic rings. The Morgan fingerprint density at radius 2 is 1.93 bits per heavy atom. The summed E-state index contributed by atoms with van der Waals surface area (Å²) in [4.78, 5) is 0. The van der Waals surface area contributed by atoms with E-state index in [4.69, 9.17) is 0 Å². The molecule has 0 atom stereocenters. The van der Waals surface area contributed by atoms with Crippen LogP contribution in [0.1, 0.15) is 11.4 Å². The SMILES string of the molecule is Cc1ccc2c(ccn3c(C)nnc23)c1. The van der Waals surface area contributed by atoms with Crippen molar-refractivity contribution in [2.45, 2.75) is 13.8 Å². The highest BCUT2D eigenvalue weighted by molar-refractivity contribution is 5.94. The van der Waals surface area contributed by atoms with E-state index >= 15 is 0 Å². The van der Waals surface area contributed by atoms with Gasteiger partial charge in [0.25, 0.3) is 0 Å². The van der Waals surface area contributed by atoms with E-state index in [1.807, 2.05) is 17.5 Å². The molecule has 0 saturated heterocycles. The smallest absolute Gasteiger partial charge is 0.168 e. The molecule has 0 radical (unpaired) electrons. The van der Waals surface area contributed by atoms with Crippen molar-refractivity contribution < 1.29 is 0 Å². The lowest BCUT2D eigenvalue weighted by atomic mass is 10.1. The van der Waals surface area contributed by atoms with Crippen molar-refractivity contribution >= 4 is 16.4 Å². The van der Waals surface area contributed by atoms with Crippen LogP contribution in [-0.4, -0.2) is 14.6 Å². The molecule has 2 heterocycles. The fourth-order valence-corrected chi connectivity index (χ4v) is 1.91. The van der Waals surface area contributed by atoms with E-state index in [9.17, 15) is 0 Å². The quantitative estimate of drug-likeness (QED) is 0.554. The van der Waals surface area contributed by atoms with Gasteiger partial charge in [-0.3, -0.25) is 4.40 Å². The predicted molar refractivity (Wildman–Crippen MR) is 60.0 cm³/mol. The van der Waals surface area contributed by atoms with E-state index in [-0.39, 0.29) is 0 Å². The molecule has 0 amide bonds. The van der Waals surface area contributed by atoms with Gasteiger partial charge in [0.05, 0.1) is 0 Å². The van der Waals surface area contributed by atoms with Crippen LogP contribution in [0.2, 0.25) is 0 Å². The fourth-order valence-electron chi connectivity index (χ4n) is 1.91. The minimum absolute atomic E-state index is 0.924. The summed E-state index contributed by atoms with van der Waals surface area (Å²) in [6.07, 6.45) is 2.02. The fraction of sp³-hybridized carbons (Fsp3) is 0.167. The maximum Gasteiger partial charge on any atom is 0.168 e. The molecule has 2 aromatic heterocycles. The van der Waals surface area contributed by atoms with Crippen molar-refractivity contribution in [3.05, 3.63) is 41.9 Å². The second-order valence-corrected chi connectivity index (χ2v) is 3.85. The second-order valence-electron chi connectivity index (χ2n) is 3.85. The highest BCUT2D eigenvalue weighted by Crippen LogP contribution is 2.20. The molecule has 0 aliphatic carbocycles. The lowest BCUT2D eigenvalue weighted by Gasteiger charge is -2.01. The molecule has 0 aliphatic rings. The van der Waals surface area contributed by atoms with Gasteiger partial charge >= 0.3 is 0 Å². The predicted octanol–water partition coefficient (Wildman–Crippen LogP) is 2.50. The standard InChI is InChI=1S/C12H11N3/c1-8-3-4-11-10(7-8)5-6-15-9(2)13-14-12(11)15/h3-7H,1-2H3. The molecule has 3 nitrogen and oxygen atoms in total. The Hall–Kier alpha value is -1.90. The highest BCUT2D eigenvalue weighted by atomic mass is 15.2. The van der Waals surface area contributed by atoms with Crippen LogP contribution in [0.3, 0.4) is 0 Å². The zero-order valence-electron chi connectivity index (χ0n) is 8.73. The zero-order chi connectivity index (χ0) is 10.4. The lowest BCUT2D eigenvalue weighted by molar-refractivity contribution is 1.01. The number of rotatable bonds is 0. The van der Waals surface area contributed by atoms with E-state index in [2.05, 4.69) is 41.4 Å². The Bertz CT molecular complexity index is 652. The van der Waals surface area contributed by atoms with Crippen molar-refractivity contribution in [2.24, 2.45) is 0 Å². The number of nitrogens with zero attached hydrogens (tertiary/aromatic N) is 3. The average molecular weight is 197 g/mol. The molecule has 3 rings (SSSR count). The largest absolute Gasteiger partial charge is 0.286 e. The van der Waals surface area contributed by atoms with Crippen LogP contribution in [0.4, 0.5) is 0 Å². The Morgan fingerprint density at radius 1 is 1.07 bits per heavy atom. The third-order valence-corrected chi connectivity index (χ3v) is 2.72. The maximum atomic E-state index is 4.19. The summed E-state index contributed by atoms with van der Waals surface area (Å²) in [5, 5.41) is 10.6. The van der Waals surface area contributed by atoms with Crippen molar-refractivity contribution in [1.29, 1.82) is 0 Å². The number of benzene rings is 1. The van der Waals surface area contributed by atoms with Gasteiger partial charge in [0, 0.05) is 11.6 Å². The summed E-state index contributed by atoms with van der Waals surface area (Å²) in [7, 11) is 0. The molecular formula is C12H11N3. The molecule has 74 valence electrons. The summed E-state index contributed by atoms with van der Waals surface area (Å²) in [5.41, 5.74) is 2.20. The van der Waals surface area contributed by atoms with Crippen LogP contribution < -0.4 is 0 Å². The molecule has 3 heteroatoms. The van der Waals surface area contributed by atoms with Gasteiger partial charge in [-0.05, 0) is 25.3 Å². The van der Waals surface area contributed by atoms with E-state index in [0.717, 1.165) is 16.9 Å². The lowest BCUT2D eigenvalue weighted by Crippen LogP contribution is -1.88. The van der Waals surface area contributed by atoms with E-state index < -0.39 is 0 Å². The molecule has 1 aromatic carbocycles. The minimum atomic E-state index is 0.924. The van der Waals surface area contributed by atoms with Crippen molar-refractivity contribution in [3.8, 4) is 0 Å². The summed E-state index contributed by atoms with van der Waals surface area (Å²) < 4.78 is 2.01. The molecule has 0 spiro atoms. The van der Waals surface area contributed by atoms with Crippen LogP contribution in [-0.2, 0) is 0 Å². The number of hydrogen-bond acceptors (Lipinski definition) is 2. The Morgan fingerprint density at radius 3 is 2.80 bits per heavy atom. The van der Waals surface area contributed by atoms with Crippen LogP contribution in [0, 0.1) is 13.8 Å². The summed E-state index contributed by atoms with van der Waals surface area (Å²) in [6.45, 7) is 4.05. The number of pyridine rings is 1. The monoisotopic (exact) mass is 197 g/mol. The molecule has 0 unspecified atom stereocenters. The van der Waals surface area contributed by atoms with E-state index in [1.54, 1.807) is 0 Å². The number of fused-ring (bicyclic) bond motifs is 3. The zero-order valence-corrected chi connectivity index (χ0v) is 8.73. The second kappa shape index (κ2) is 2.79. The summed E-state index contributed by atoms with van der Waals surface area (Å²) in [6, 6.07) is 8.48.